The first-order valence-electron chi connectivity index (χ1n) is 7.76. The highest BCUT2D eigenvalue weighted by Crippen LogP contribution is 2.29. The van der Waals surface area contributed by atoms with E-state index in [1.165, 1.54) is 0 Å². The Morgan fingerprint density at radius 2 is 2.29 bits per heavy atom. The van der Waals surface area contributed by atoms with Crippen LogP contribution in [0, 0.1) is 0 Å². The fraction of sp³-hybridized carbons (Fsp3) is 0.412. The molecule has 2 heterocycles. The van der Waals surface area contributed by atoms with Crippen LogP contribution in [0.5, 0.6) is 5.75 Å². The minimum Gasteiger partial charge on any atom is -0.496 e. The Bertz CT molecular complexity index is 761. The molecular formula is C17H20N2O5. The van der Waals surface area contributed by atoms with E-state index in [4.69, 9.17) is 14.6 Å². The maximum Gasteiger partial charge on any atom is 0.305 e. The van der Waals surface area contributed by atoms with Crippen LogP contribution in [0.2, 0.25) is 0 Å². The molecular weight excluding hydrogens is 312 g/mol. The van der Waals surface area contributed by atoms with Crippen LogP contribution in [-0.2, 0) is 20.7 Å². The fourth-order valence-corrected chi connectivity index (χ4v) is 3.22. The number of amides is 1. The number of carbonyl (C=O) groups is 2. The summed E-state index contributed by atoms with van der Waals surface area (Å²) in [6.45, 7) is 0.677. The lowest BCUT2D eigenvalue weighted by molar-refractivity contribution is -0.139. The molecule has 1 aliphatic heterocycles. The second kappa shape index (κ2) is 6.52. The standard InChI is InChI=1S/C17H20N2O5/c1-23-13-4-2-3-12-16(13)11(9-18-12)7-14(20)19-17(8-15(21)22)5-6-24-10-17/h2-4,9,18H,5-8,10H2,1H3,(H,19,20)(H,21,22). The molecule has 7 nitrogen and oxygen atoms in total. The average Bonchev–Trinajstić information content (AvgIpc) is 3.14. The monoisotopic (exact) mass is 332 g/mol. The topological polar surface area (TPSA) is 101 Å². The van der Waals surface area contributed by atoms with E-state index >= 15 is 0 Å². The summed E-state index contributed by atoms with van der Waals surface area (Å²) < 4.78 is 10.7. The Morgan fingerprint density at radius 3 is 2.96 bits per heavy atom. The second-order valence-corrected chi connectivity index (χ2v) is 6.08. The van der Waals surface area contributed by atoms with Crippen molar-refractivity contribution in [2.75, 3.05) is 20.3 Å². The highest BCUT2D eigenvalue weighted by atomic mass is 16.5. The number of fused-ring (bicyclic) bond motifs is 1. The van der Waals surface area contributed by atoms with Crippen molar-refractivity contribution in [3.05, 3.63) is 30.0 Å². The molecule has 1 aromatic carbocycles. The number of nitrogens with one attached hydrogen (secondary N) is 2. The molecule has 0 bridgehead atoms. The van der Waals surface area contributed by atoms with Crippen molar-refractivity contribution in [3.8, 4) is 5.75 Å². The Balaban J connectivity index is 1.78. The number of carbonyl (C=O) groups excluding carboxylic acids is 1. The number of H-pyrrole nitrogens is 1. The van der Waals surface area contributed by atoms with Gasteiger partial charge in [-0.1, -0.05) is 6.07 Å². The van der Waals surface area contributed by atoms with Crippen LogP contribution < -0.4 is 10.1 Å². The zero-order valence-electron chi connectivity index (χ0n) is 13.4. The average molecular weight is 332 g/mol. The molecule has 0 aliphatic carbocycles. The van der Waals surface area contributed by atoms with Gasteiger partial charge in [-0.15, -0.1) is 0 Å². The number of aromatic amines is 1. The molecule has 1 fully saturated rings. The van der Waals surface area contributed by atoms with Gasteiger partial charge < -0.3 is 24.9 Å². The summed E-state index contributed by atoms with van der Waals surface area (Å²) >= 11 is 0. The van der Waals surface area contributed by atoms with Crippen LogP contribution >= 0.6 is 0 Å². The Hall–Kier alpha value is -2.54. The van der Waals surface area contributed by atoms with Crippen LogP contribution in [0.3, 0.4) is 0 Å². The molecule has 24 heavy (non-hydrogen) atoms. The van der Waals surface area contributed by atoms with E-state index in [-0.39, 0.29) is 25.4 Å². The predicted molar refractivity (Wildman–Crippen MR) is 87.1 cm³/mol. The van der Waals surface area contributed by atoms with Gasteiger partial charge in [-0.3, -0.25) is 9.59 Å². The highest BCUT2D eigenvalue weighted by Gasteiger charge is 2.38. The quantitative estimate of drug-likeness (QED) is 0.744. The van der Waals surface area contributed by atoms with Gasteiger partial charge in [0, 0.05) is 23.7 Å². The zero-order chi connectivity index (χ0) is 17.2. The van der Waals surface area contributed by atoms with Crippen molar-refractivity contribution in [1.82, 2.24) is 10.3 Å². The number of methoxy groups -OCH3 is 1. The summed E-state index contributed by atoms with van der Waals surface area (Å²) in [5, 5.41) is 12.8. The summed E-state index contributed by atoms with van der Waals surface area (Å²) in [5.74, 6) is -0.482. The van der Waals surface area contributed by atoms with Crippen molar-refractivity contribution in [2.24, 2.45) is 0 Å². The third-order valence-electron chi connectivity index (χ3n) is 4.32. The molecule has 1 aromatic heterocycles. The first-order chi connectivity index (χ1) is 11.5. The van der Waals surface area contributed by atoms with Crippen molar-refractivity contribution in [2.45, 2.75) is 24.8 Å². The van der Waals surface area contributed by atoms with Crippen LogP contribution in [0.15, 0.2) is 24.4 Å². The normalized spacial score (nSPS) is 20.2. The third-order valence-corrected chi connectivity index (χ3v) is 4.32. The van der Waals surface area contributed by atoms with E-state index in [2.05, 4.69) is 10.3 Å². The number of hydrogen-bond acceptors (Lipinski definition) is 4. The van der Waals surface area contributed by atoms with Gasteiger partial charge in [0.1, 0.15) is 5.75 Å². The lowest BCUT2D eigenvalue weighted by atomic mass is 9.94. The van der Waals surface area contributed by atoms with E-state index in [9.17, 15) is 9.59 Å². The van der Waals surface area contributed by atoms with E-state index in [1.54, 1.807) is 13.3 Å². The lowest BCUT2D eigenvalue weighted by Gasteiger charge is -2.27. The second-order valence-electron chi connectivity index (χ2n) is 6.08. The van der Waals surface area contributed by atoms with Gasteiger partial charge in [-0.05, 0) is 24.1 Å². The summed E-state index contributed by atoms with van der Waals surface area (Å²) in [5.41, 5.74) is 0.880. The lowest BCUT2D eigenvalue weighted by Crippen LogP contribution is -2.51. The van der Waals surface area contributed by atoms with Crippen molar-refractivity contribution in [3.63, 3.8) is 0 Å². The van der Waals surface area contributed by atoms with Crippen LogP contribution in [0.4, 0.5) is 0 Å². The number of rotatable bonds is 6. The van der Waals surface area contributed by atoms with Gasteiger partial charge in [0.05, 0.1) is 32.1 Å². The molecule has 7 heteroatoms. The summed E-state index contributed by atoms with van der Waals surface area (Å²) in [6.07, 6.45) is 2.28. The number of aromatic nitrogens is 1. The first kappa shape index (κ1) is 16.3. The largest absolute Gasteiger partial charge is 0.496 e. The van der Waals surface area contributed by atoms with E-state index < -0.39 is 11.5 Å². The van der Waals surface area contributed by atoms with Crippen molar-refractivity contribution >= 4 is 22.8 Å². The smallest absolute Gasteiger partial charge is 0.305 e. The SMILES string of the molecule is COc1cccc2[nH]cc(CC(=O)NC3(CC(=O)O)CCOC3)c12. The number of hydrogen-bond donors (Lipinski definition) is 3. The molecule has 1 amide bonds. The van der Waals surface area contributed by atoms with Crippen molar-refractivity contribution in [1.29, 1.82) is 0 Å². The molecule has 128 valence electrons. The van der Waals surface area contributed by atoms with Crippen LogP contribution in [0.25, 0.3) is 10.9 Å². The van der Waals surface area contributed by atoms with Gasteiger partial charge in [-0.25, -0.2) is 0 Å². The highest BCUT2D eigenvalue weighted by molar-refractivity contribution is 5.93. The van der Waals surface area contributed by atoms with Gasteiger partial charge in [0.15, 0.2) is 0 Å². The molecule has 3 N–H and O–H groups in total. The van der Waals surface area contributed by atoms with E-state index in [1.807, 2.05) is 18.2 Å². The van der Waals surface area contributed by atoms with Crippen LogP contribution in [0.1, 0.15) is 18.4 Å². The van der Waals surface area contributed by atoms with Gasteiger partial charge in [-0.2, -0.15) is 0 Å². The fourth-order valence-electron chi connectivity index (χ4n) is 3.22. The minimum absolute atomic E-state index is 0.141. The Kier molecular flexibility index (Phi) is 4.44. The van der Waals surface area contributed by atoms with Crippen molar-refractivity contribution < 1.29 is 24.2 Å². The third kappa shape index (κ3) is 3.21. The Morgan fingerprint density at radius 1 is 1.46 bits per heavy atom. The van der Waals surface area contributed by atoms with Crippen LogP contribution in [-0.4, -0.2) is 47.8 Å². The van der Waals surface area contributed by atoms with E-state index in [0.717, 1.165) is 16.5 Å². The molecule has 3 rings (SSSR count). The number of ether oxygens (including phenoxy) is 2. The summed E-state index contributed by atoms with van der Waals surface area (Å²) in [4.78, 5) is 26.7. The molecule has 1 atom stereocenters. The zero-order valence-corrected chi connectivity index (χ0v) is 13.4. The number of benzene rings is 1. The molecule has 0 radical (unpaired) electrons. The molecule has 1 saturated heterocycles. The summed E-state index contributed by atoms with van der Waals surface area (Å²) in [7, 11) is 1.59. The number of carboxylic acid groups (broad SMARTS) is 1. The number of aliphatic carboxylic acids is 1. The molecule has 0 saturated carbocycles. The summed E-state index contributed by atoms with van der Waals surface area (Å²) in [6, 6.07) is 5.63. The molecule has 1 unspecified atom stereocenters. The predicted octanol–water partition coefficient (Wildman–Crippen LogP) is 1.47. The van der Waals surface area contributed by atoms with Gasteiger partial charge in [0.25, 0.3) is 0 Å². The minimum atomic E-state index is -0.949. The maximum atomic E-state index is 12.5. The van der Waals surface area contributed by atoms with Gasteiger partial charge in [0.2, 0.25) is 5.91 Å². The Labute approximate surface area is 138 Å². The van der Waals surface area contributed by atoms with E-state index in [0.29, 0.717) is 18.8 Å². The van der Waals surface area contributed by atoms with Gasteiger partial charge >= 0.3 is 5.97 Å². The molecule has 1 aliphatic rings. The first-order valence-corrected chi connectivity index (χ1v) is 7.76. The number of carboxylic acids is 1. The maximum absolute atomic E-state index is 12.5. The molecule has 0 spiro atoms. The molecule has 2 aromatic rings.